The maximum absolute atomic E-state index is 12.2. The summed E-state index contributed by atoms with van der Waals surface area (Å²) >= 11 is 0. The van der Waals surface area contributed by atoms with E-state index in [0.29, 0.717) is 19.3 Å². The van der Waals surface area contributed by atoms with Crippen molar-refractivity contribution >= 4 is 28.6 Å². The van der Waals surface area contributed by atoms with E-state index in [1.165, 1.54) is 0 Å². The van der Waals surface area contributed by atoms with Crippen molar-refractivity contribution < 1.29 is 14.4 Å². The molecule has 7 heteroatoms. The average Bonchev–Trinajstić information content (AvgIpc) is 3.13. The van der Waals surface area contributed by atoms with Crippen LogP contribution in [0.5, 0.6) is 0 Å². The number of para-hydroxylation sites is 1. The van der Waals surface area contributed by atoms with E-state index in [0.717, 1.165) is 16.5 Å². The molecule has 1 aliphatic heterocycles. The Kier molecular flexibility index (Phi) is 4.01. The summed E-state index contributed by atoms with van der Waals surface area (Å²) in [4.78, 5) is 38.2. The fourth-order valence-corrected chi connectivity index (χ4v) is 2.83. The lowest BCUT2D eigenvalue weighted by Crippen LogP contribution is -2.51. The van der Waals surface area contributed by atoms with E-state index in [2.05, 4.69) is 15.6 Å². The normalized spacial score (nSPS) is 18.6. The maximum atomic E-state index is 12.2. The van der Waals surface area contributed by atoms with Gasteiger partial charge in [-0.25, -0.2) is 0 Å². The number of fused-ring (bicyclic) bond motifs is 1. The first-order valence-electron chi connectivity index (χ1n) is 7.48. The van der Waals surface area contributed by atoms with Gasteiger partial charge in [0.15, 0.2) is 0 Å². The smallest absolute Gasteiger partial charge is 0.243 e. The number of hydrogen-bond donors (Lipinski definition) is 4. The first-order valence-corrected chi connectivity index (χ1v) is 7.48. The van der Waals surface area contributed by atoms with Gasteiger partial charge in [0.05, 0.1) is 0 Å². The molecule has 120 valence electrons. The van der Waals surface area contributed by atoms with Crippen molar-refractivity contribution in [1.82, 2.24) is 15.6 Å². The number of rotatable bonds is 5. The van der Waals surface area contributed by atoms with Crippen molar-refractivity contribution in [3.8, 4) is 0 Å². The molecule has 2 heterocycles. The number of hydrogen-bond acceptors (Lipinski definition) is 3. The SMILES string of the molecule is NC(=O)[C@H](Cc1c[nH]c2ccccc12)NC(=O)[C@@H]1CCC(=O)N1. The van der Waals surface area contributed by atoms with Gasteiger partial charge in [0, 0.05) is 29.9 Å². The summed E-state index contributed by atoms with van der Waals surface area (Å²) in [7, 11) is 0. The molecule has 3 amide bonds. The molecule has 7 nitrogen and oxygen atoms in total. The van der Waals surface area contributed by atoms with Crippen LogP contribution in [0.25, 0.3) is 10.9 Å². The minimum absolute atomic E-state index is 0.155. The van der Waals surface area contributed by atoms with Crippen molar-refractivity contribution in [3.63, 3.8) is 0 Å². The van der Waals surface area contributed by atoms with Crippen LogP contribution in [0.3, 0.4) is 0 Å². The van der Waals surface area contributed by atoms with Gasteiger partial charge < -0.3 is 21.4 Å². The van der Waals surface area contributed by atoms with Crippen LogP contribution in [-0.2, 0) is 20.8 Å². The number of nitrogens with one attached hydrogen (secondary N) is 3. The Morgan fingerprint density at radius 3 is 2.83 bits per heavy atom. The van der Waals surface area contributed by atoms with E-state index in [9.17, 15) is 14.4 Å². The third-order valence-corrected chi connectivity index (χ3v) is 4.07. The number of primary amides is 1. The number of aromatic amines is 1. The molecule has 0 unspecified atom stereocenters. The Labute approximate surface area is 132 Å². The molecule has 2 aromatic rings. The monoisotopic (exact) mass is 314 g/mol. The van der Waals surface area contributed by atoms with Crippen LogP contribution in [-0.4, -0.2) is 34.8 Å². The number of carbonyl (C=O) groups excluding carboxylic acids is 3. The van der Waals surface area contributed by atoms with Gasteiger partial charge in [-0.1, -0.05) is 18.2 Å². The second-order valence-electron chi connectivity index (χ2n) is 5.69. The lowest BCUT2D eigenvalue weighted by molar-refractivity contribution is -0.129. The topological polar surface area (TPSA) is 117 Å². The number of nitrogens with two attached hydrogens (primary N) is 1. The molecule has 1 saturated heterocycles. The van der Waals surface area contributed by atoms with E-state index >= 15 is 0 Å². The van der Waals surface area contributed by atoms with E-state index in [-0.39, 0.29) is 11.8 Å². The third-order valence-electron chi connectivity index (χ3n) is 4.07. The summed E-state index contributed by atoms with van der Waals surface area (Å²) in [6.07, 6.45) is 2.86. The zero-order valence-electron chi connectivity index (χ0n) is 12.5. The van der Waals surface area contributed by atoms with Gasteiger partial charge in [-0.05, 0) is 18.1 Å². The standard InChI is InChI=1S/C16H18N4O3/c17-15(22)13(20-16(23)12-5-6-14(21)19-12)7-9-8-18-11-4-2-1-3-10(9)11/h1-4,8,12-13,18H,5-7H2,(H2,17,22)(H,19,21)(H,20,23)/t12-,13-/m0/s1. The average molecular weight is 314 g/mol. The highest BCUT2D eigenvalue weighted by atomic mass is 16.2. The van der Waals surface area contributed by atoms with Gasteiger partial charge in [-0.2, -0.15) is 0 Å². The summed E-state index contributed by atoms with van der Waals surface area (Å²) in [5.74, 6) is -1.13. The van der Waals surface area contributed by atoms with E-state index < -0.39 is 18.0 Å². The fourth-order valence-electron chi connectivity index (χ4n) is 2.83. The van der Waals surface area contributed by atoms with Gasteiger partial charge >= 0.3 is 0 Å². The third kappa shape index (κ3) is 3.18. The predicted octanol–water partition coefficient (Wildman–Crippen LogP) is -0.0409. The molecule has 1 aromatic heterocycles. The molecule has 0 spiro atoms. The molecule has 5 N–H and O–H groups in total. The molecule has 3 rings (SSSR count). The van der Waals surface area contributed by atoms with Gasteiger partial charge in [0.1, 0.15) is 12.1 Å². The van der Waals surface area contributed by atoms with Crippen LogP contribution >= 0.6 is 0 Å². The number of aromatic nitrogens is 1. The van der Waals surface area contributed by atoms with Crippen molar-refractivity contribution in [2.45, 2.75) is 31.3 Å². The zero-order chi connectivity index (χ0) is 16.4. The van der Waals surface area contributed by atoms with Crippen LogP contribution in [0.1, 0.15) is 18.4 Å². The number of amides is 3. The largest absolute Gasteiger partial charge is 0.368 e. The molecular weight excluding hydrogens is 296 g/mol. The highest BCUT2D eigenvalue weighted by molar-refractivity contribution is 5.94. The summed E-state index contributed by atoms with van der Waals surface area (Å²) in [5, 5.41) is 6.21. The molecule has 0 aliphatic carbocycles. The second-order valence-corrected chi connectivity index (χ2v) is 5.69. The van der Waals surface area contributed by atoms with Crippen LogP contribution < -0.4 is 16.4 Å². The van der Waals surface area contributed by atoms with E-state index in [4.69, 9.17) is 5.73 Å². The van der Waals surface area contributed by atoms with Crippen LogP contribution in [0.2, 0.25) is 0 Å². The van der Waals surface area contributed by atoms with Crippen LogP contribution in [0, 0.1) is 0 Å². The maximum Gasteiger partial charge on any atom is 0.243 e. The van der Waals surface area contributed by atoms with Crippen molar-refractivity contribution in [2.24, 2.45) is 5.73 Å². The van der Waals surface area contributed by atoms with Gasteiger partial charge in [0.2, 0.25) is 17.7 Å². The summed E-state index contributed by atoms with van der Waals surface area (Å²) in [6.45, 7) is 0. The second kappa shape index (κ2) is 6.12. The molecule has 0 radical (unpaired) electrons. The summed E-state index contributed by atoms with van der Waals surface area (Å²) in [5.41, 5.74) is 7.28. The Bertz CT molecular complexity index is 768. The first-order chi connectivity index (χ1) is 11.0. The number of benzene rings is 1. The minimum atomic E-state index is -0.820. The molecule has 0 bridgehead atoms. The predicted molar refractivity (Wildman–Crippen MR) is 84.3 cm³/mol. The number of carbonyl (C=O) groups is 3. The molecule has 2 atom stereocenters. The van der Waals surface area contributed by atoms with Gasteiger partial charge in [0.25, 0.3) is 0 Å². The first kappa shape index (κ1) is 15.1. The van der Waals surface area contributed by atoms with Crippen molar-refractivity contribution in [3.05, 3.63) is 36.0 Å². The lowest BCUT2D eigenvalue weighted by atomic mass is 10.0. The fraction of sp³-hybridized carbons (Fsp3) is 0.312. The van der Waals surface area contributed by atoms with Crippen molar-refractivity contribution in [1.29, 1.82) is 0 Å². The molecule has 23 heavy (non-hydrogen) atoms. The van der Waals surface area contributed by atoms with Crippen LogP contribution in [0.4, 0.5) is 0 Å². The number of H-pyrrole nitrogens is 1. The van der Waals surface area contributed by atoms with E-state index in [1.807, 2.05) is 30.5 Å². The molecule has 1 aliphatic rings. The Hall–Kier alpha value is -2.83. The summed E-state index contributed by atoms with van der Waals surface area (Å²) in [6, 6.07) is 6.29. The molecule has 1 fully saturated rings. The highest BCUT2D eigenvalue weighted by Crippen LogP contribution is 2.19. The Morgan fingerprint density at radius 2 is 2.13 bits per heavy atom. The van der Waals surface area contributed by atoms with Gasteiger partial charge in [-0.3, -0.25) is 14.4 Å². The zero-order valence-corrected chi connectivity index (χ0v) is 12.5. The Morgan fingerprint density at radius 1 is 1.35 bits per heavy atom. The summed E-state index contributed by atoms with van der Waals surface area (Å²) < 4.78 is 0. The molecule has 1 aromatic carbocycles. The van der Waals surface area contributed by atoms with Crippen LogP contribution in [0.15, 0.2) is 30.5 Å². The van der Waals surface area contributed by atoms with Crippen molar-refractivity contribution in [2.75, 3.05) is 0 Å². The highest BCUT2D eigenvalue weighted by Gasteiger charge is 2.30. The molecule has 0 saturated carbocycles. The lowest BCUT2D eigenvalue weighted by Gasteiger charge is -2.18. The molecular formula is C16H18N4O3. The minimum Gasteiger partial charge on any atom is -0.368 e. The Balaban J connectivity index is 1.73. The van der Waals surface area contributed by atoms with E-state index in [1.54, 1.807) is 0 Å². The quantitative estimate of drug-likeness (QED) is 0.620. The van der Waals surface area contributed by atoms with Gasteiger partial charge in [-0.15, -0.1) is 0 Å².